The highest BCUT2D eigenvalue weighted by atomic mass is 16.3. The second kappa shape index (κ2) is 2.51. The van der Waals surface area contributed by atoms with E-state index in [0.717, 1.165) is 0 Å². The van der Waals surface area contributed by atoms with Gasteiger partial charge in [0.05, 0.1) is 11.4 Å². The molecule has 0 bridgehead atoms. The van der Waals surface area contributed by atoms with Crippen LogP contribution in [0.3, 0.4) is 0 Å². The van der Waals surface area contributed by atoms with Crippen molar-refractivity contribution in [2.24, 2.45) is 0 Å². The average molecular weight is 152 g/mol. The minimum absolute atomic E-state index is 0.528. The van der Waals surface area contributed by atoms with Gasteiger partial charge in [0.1, 0.15) is 5.60 Å². The zero-order valence-corrected chi connectivity index (χ0v) is 6.70. The number of hydrogen-bond acceptors (Lipinski definition) is 3. The number of anilines is 1. The quantitative estimate of drug-likeness (QED) is 0.628. The molecule has 0 unspecified atom stereocenters. The largest absolute Gasteiger partial charge is 0.397 e. The van der Waals surface area contributed by atoms with Crippen LogP contribution in [0.25, 0.3) is 0 Å². The summed E-state index contributed by atoms with van der Waals surface area (Å²) in [6.07, 6.45) is 1.61. The molecule has 0 atom stereocenters. The fourth-order valence-corrected chi connectivity index (χ4v) is 0.929. The van der Waals surface area contributed by atoms with Crippen molar-refractivity contribution < 1.29 is 5.11 Å². The average Bonchev–Trinajstić information content (AvgIpc) is 1.86. The van der Waals surface area contributed by atoms with Gasteiger partial charge >= 0.3 is 0 Å². The molecule has 0 aliphatic carbocycles. The Morgan fingerprint density at radius 2 is 2.18 bits per heavy atom. The molecule has 1 aromatic rings. The molecule has 0 saturated heterocycles. The number of nitrogens with two attached hydrogens (primary N) is 1. The summed E-state index contributed by atoms with van der Waals surface area (Å²) in [6, 6.07) is 3.46. The second-order valence-corrected chi connectivity index (χ2v) is 3.00. The number of pyridine rings is 1. The molecule has 1 aromatic heterocycles. The fraction of sp³-hybridized carbons (Fsp3) is 0.375. The molecule has 1 heterocycles. The van der Waals surface area contributed by atoms with Crippen LogP contribution < -0.4 is 5.73 Å². The van der Waals surface area contributed by atoms with Gasteiger partial charge < -0.3 is 10.8 Å². The van der Waals surface area contributed by atoms with E-state index in [1.54, 1.807) is 32.2 Å². The zero-order valence-electron chi connectivity index (χ0n) is 6.70. The van der Waals surface area contributed by atoms with E-state index in [0.29, 0.717) is 11.4 Å². The maximum Gasteiger partial charge on any atom is 0.103 e. The molecule has 11 heavy (non-hydrogen) atoms. The van der Waals surface area contributed by atoms with Gasteiger partial charge in [-0.1, -0.05) is 0 Å². The van der Waals surface area contributed by atoms with Crippen LogP contribution in [0.15, 0.2) is 18.3 Å². The van der Waals surface area contributed by atoms with Crippen molar-refractivity contribution >= 4 is 5.69 Å². The molecule has 1 rings (SSSR count). The third-order valence-electron chi connectivity index (χ3n) is 1.42. The van der Waals surface area contributed by atoms with E-state index in [9.17, 15) is 5.11 Å². The summed E-state index contributed by atoms with van der Waals surface area (Å²) in [5.74, 6) is 0. The van der Waals surface area contributed by atoms with E-state index in [2.05, 4.69) is 4.98 Å². The summed E-state index contributed by atoms with van der Waals surface area (Å²) in [6.45, 7) is 3.32. The lowest BCUT2D eigenvalue weighted by atomic mass is 10.0. The Hall–Kier alpha value is -1.09. The Morgan fingerprint density at radius 3 is 2.55 bits per heavy atom. The maximum absolute atomic E-state index is 9.53. The first-order valence-electron chi connectivity index (χ1n) is 3.45. The normalized spacial score (nSPS) is 11.5. The van der Waals surface area contributed by atoms with Gasteiger partial charge in [0, 0.05) is 6.20 Å². The summed E-state index contributed by atoms with van der Waals surface area (Å²) in [5, 5.41) is 9.53. The summed E-state index contributed by atoms with van der Waals surface area (Å²) >= 11 is 0. The third-order valence-corrected chi connectivity index (χ3v) is 1.42. The molecule has 3 N–H and O–H groups in total. The van der Waals surface area contributed by atoms with Crippen LogP contribution in [0.2, 0.25) is 0 Å². The Kier molecular flexibility index (Phi) is 1.83. The molecule has 0 amide bonds. The lowest BCUT2D eigenvalue weighted by molar-refractivity contribution is 0.0747. The van der Waals surface area contributed by atoms with Crippen LogP contribution >= 0.6 is 0 Å². The summed E-state index contributed by atoms with van der Waals surface area (Å²) in [5.41, 5.74) is 5.69. The van der Waals surface area contributed by atoms with Crippen LogP contribution in [0.5, 0.6) is 0 Å². The first kappa shape index (κ1) is 8.01. The number of nitrogen functional groups attached to an aromatic ring is 1. The summed E-state index contributed by atoms with van der Waals surface area (Å²) in [7, 11) is 0. The number of nitrogens with zero attached hydrogens (tertiary/aromatic N) is 1. The molecule has 60 valence electrons. The Morgan fingerprint density at radius 1 is 1.55 bits per heavy atom. The molecular formula is C8H12N2O. The van der Waals surface area contributed by atoms with Crippen molar-refractivity contribution in [1.29, 1.82) is 0 Å². The van der Waals surface area contributed by atoms with Crippen molar-refractivity contribution in [2.75, 3.05) is 5.73 Å². The SMILES string of the molecule is CC(C)(O)c1ncccc1N. The topological polar surface area (TPSA) is 59.1 Å². The van der Waals surface area contributed by atoms with E-state index >= 15 is 0 Å². The number of aromatic nitrogens is 1. The van der Waals surface area contributed by atoms with Crippen LogP contribution in [-0.2, 0) is 5.60 Å². The predicted octanol–water partition coefficient (Wildman–Crippen LogP) is 0.891. The fourth-order valence-electron chi connectivity index (χ4n) is 0.929. The van der Waals surface area contributed by atoms with Crippen molar-refractivity contribution in [1.82, 2.24) is 4.98 Å². The van der Waals surface area contributed by atoms with Crippen LogP contribution in [0.1, 0.15) is 19.5 Å². The molecule has 3 heteroatoms. The first-order valence-corrected chi connectivity index (χ1v) is 3.45. The number of hydrogen-bond donors (Lipinski definition) is 2. The molecular weight excluding hydrogens is 140 g/mol. The lowest BCUT2D eigenvalue weighted by Crippen LogP contribution is -2.19. The summed E-state index contributed by atoms with van der Waals surface area (Å²) < 4.78 is 0. The highest BCUT2D eigenvalue weighted by Gasteiger charge is 2.19. The van der Waals surface area contributed by atoms with Crippen molar-refractivity contribution in [2.45, 2.75) is 19.4 Å². The number of rotatable bonds is 1. The van der Waals surface area contributed by atoms with E-state index in [1.807, 2.05) is 0 Å². The molecule has 0 spiro atoms. The van der Waals surface area contributed by atoms with Gasteiger partial charge in [-0.05, 0) is 26.0 Å². The molecule has 0 aliphatic rings. The standard InChI is InChI=1S/C8H12N2O/c1-8(2,11)7-6(9)4-3-5-10-7/h3-5,11H,9H2,1-2H3. The molecule has 3 nitrogen and oxygen atoms in total. The minimum Gasteiger partial charge on any atom is -0.397 e. The van der Waals surface area contributed by atoms with E-state index in [1.165, 1.54) is 0 Å². The molecule has 0 aliphatic heterocycles. The minimum atomic E-state index is -0.953. The van der Waals surface area contributed by atoms with Gasteiger partial charge in [-0.25, -0.2) is 0 Å². The number of aliphatic hydroxyl groups is 1. The van der Waals surface area contributed by atoms with Crippen molar-refractivity contribution in [3.63, 3.8) is 0 Å². The van der Waals surface area contributed by atoms with Crippen LogP contribution in [-0.4, -0.2) is 10.1 Å². The molecule has 0 saturated carbocycles. The highest BCUT2D eigenvalue weighted by Crippen LogP contribution is 2.21. The van der Waals surface area contributed by atoms with E-state index in [-0.39, 0.29) is 0 Å². The van der Waals surface area contributed by atoms with Gasteiger partial charge in [-0.3, -0.25) is 4.98 Å². The first-order chi connectivity index (χ1) is 5.02. The zero-order chi connectivity index (χ0) is 8.48. The Bertz CT molecular complexity index is 253. The smallest absolute Gasteiger partial charge is 0.103 e. The monoisotopic (exact) mass is 152 g/mol. The predicted molar refractivity (Wildman–Crippen MR) is 43.9 cm³/mol. The Labute approximate surface area is 65.9 Å². The second-order valence-electron chi connectivity index (χ2n) is 3.00. The van der Waals surface area contributed by atoms with Gasteiger partial charge in [0.25, 0.3) is 0 Å². The maximum atomic E-state index is 9.53. The van der Waals surface area contributed by atoms with Gasteiger partial charge in [-0.2, -0.15) is 0 Å². The van der Waals surface area contributed by atoms with Crippen molar-refractivity contribution in [3.8, 4) is 0 Å². The lowest BCUT2D eigenvalue weighted by Gasteiger charge is -2.17. The van der Waals surface area contributed by atoms with Crippen LogP contribution in [0.4, 0.5) is 5.69 Å². The molecule has 0 radical (unpaired) electrons. The molecule has 0 fully saturated rings. The van der Waals surface area contributed by atoms with E-state index < -0.39 is 5.60 Å². The summed E-state index contributed by atoms with van der Waals surface area (Å²) in [4.78, 5) is 3.97. The van der Waals surface area contributed by atoms with E-state index in [4.69, 9.17) is 5.73 Å². The highest BCUT2D eigenvalue weighted by molar-refractivity contribution is 5.44. The van der Waals surface area contributed by atoms with Crippen molar-refractivity contribution in [3.05, 3.63) is 24.0 Å². The van der Waals surface area contributed by atoms with Crippen LogP contribution in [0, 0.1) is 0 Å². The Balaban J connectivity index is 3.14. The van der Waals surface area contributed by atoms with Gasteiger partial charge in [0.2, 0.25) is 0 Å². The van der Waals surface area contributed by atoms with Gasteiger partial charge in [-0.15, -0.1) is 0 Å². The van der Waals surface area contributed by atoms with Gasteiger partial charge in [0.15, 0.2) is 0 Å². The third kappa shape index (κ3) is 1.68. The molecule has 0 aromatic carbocycles.